The third-order valence-electron chi connectivity index (χ3n) is 7.80. The predicted octanol–water partition coefficient (Wildman–Crippen LogP) is 11.6. The summed E-state index contributed by atoms with van der Waals surface area (Å²) in [6.07, 6.45) is 47.1. The van der Waals surface area contributed by atoms with E-state index in [1.807, 2.05) is 0 Å². The summed E-state index contributed by atoms with van der Waals surface area (Å²) < 4.78 is 10.6. The molecule has 46 heavy (non-hydrogen) atoms. The predicted molar refractivity (Wildman–Crippen MR) is 196 cm³/mol. The fraction of sp³-hybridized carbons (Fsp3) is 0.707. The molecular formula is C41H70O5. The Balaban J connectivity index is 3.65. The number of esters is 2. The Bertz CT molecular complexity index is 823. The minimum atomic E-state index is -0.791. The second kappa shape index (κ2) is 37.1. The molecule has 0 rings (SSSR count). The van der Waals surface area contributed by atoms with Crippen LogP contribution < -0.4 is 0 Å². The smallest absolute Gasteiger partial charge is 0.306 e. The van der Waals surface area contributed by atoms with Crippen LogP contribution in [-0.4, -0.2) is 36.4 Å². The minimum absolute atomic E-state index is 0.0911. The molecule has 1 N–H and O–H groups in total. The molecule has 0 aromatic heterocycles. The summed E-state index contributed by atoms with van der Waals surface area (Å²) in [5.74, 6) is -0.649. The van der Waals surface area contributed by atoms with Gasteiger partial charge in [-0.05, 0) is 77.0 Å². The first-order valence-corrected chi connectivity index (χ1v) is 18.8. The van der Waals surface area contributed by atoms with Gasteiger partial charge in [-0.3, -0.25) is 9.59 Å². The molecule has 5 heteroatoms. The number of allylic oxidation sites excluding steroid dienone is 10. The lowest BCUT2D eigenvalue weighted by Gasteiger charge is -2.15. The van der Waals surface area contributed by atoms with Crippen molar-refractivity contribution in [3.8, 4) is 0 Å². The van der Waals surface area contributed by atoms with E-state index in [4.69, 9.17) is 9.47 Å². The van der Waals surface area contributed by atoms with Crippen molar-refractivity contribution in [2.45, 2.75) is 174 Å². The van der Waals surface area contributed by atoms with E-state index in [1.54, 1.807) is 0 Å². The topological polar surface area (TPSA) is 72.8 Å². The minimum Gasteiger partial charge on any atom is -0.462 e. The first kappa shape index (κ1) is 43.6. The van der Waals surface area contributed by atoms with Crippen LogP contribution in [0.5, 0.6) is 0 Å². The van der Waals surface area contributed by atoms with Crippen molar-refractivity contribution in [1.29, 1.82) is 0 Å². The molecule has 0 amide bonds. The molecule has 5 nitrogen and oxygen atoms in total. The van der Waals surface area contributed by atoms with Gasteiger partial charge in [-0.2, -0.15) is 0 Å². The number of aliphatic hydroxyl groups excluding tert-OH is 1. The van der Waals surface area contributed by atoms with Crippen molar-refractivity contribution in [3.63, 3.8) is 0 Å². The van der Waals surface area contributed by atoms with E-state index in [1.165, 1.54) is 77.0 Å². The number of hydrogen-bond acceptors (Lipinski definition) is 5. The SMILES string of the molecule is CCC=CCC=CCC=CCC=CCCCCC(=O)OC[C@H](CO)OC(=O)CCCCCCCCCC=CCCCCCCCC. The first-order chi connectivity index (χ1) is 22.6. The Kier molecular flexibility index (Phi) is 35.1. The Morgan fingerprint density at radius 3 is 1.48 bits per heavy atom. The van der Waals surface area contributed by atoms with Crippen LogP contribution in [0.1, 0.15) is 168 Å². The lowest BCUT2D eigenvalue weighted by Crippen LogP contribution is -2.28. The maximum Gasteiger partial charge on any atom is 0.306 e. The molecule has 0 unspecified atom stereocenters. The van der Waals surface area contributed by atoms with E-state index in [9.17, 15) is 14.7 Å². The summed E-state index contributed by atoms with van der Waals surface area (Å²) in [6, 6.07) is 0. The molecule has 0 spiro atoms. The van der Waals surface area contributed by atoms with Gasteiger partial charge in [0, 0.05) is 12.8 Å². The van der Waals surface area contributed by atoms with Crippen molar-refractivity contribution in [1.82, 2.24) is 0 Å². The van der Waals surface area contributed by atoms with E-state index in [0.29, 0.717) is 12.8 Å². The summed E-state index contributed by atoms with van der Waals surface area (Å²) in [6.45, 7) is 3.97. The average Bonchev–Trinajstić information content (AvgIpc) is 3.06. The Morgan fingerprint density at radius 2 is 0.935 bits per heavy atom. The zero-order valence-electron chi connectivity index (χ0n) is 29.8. The van der Waals surface area contributed by atoms with Gasteiger partial charge < -0.3 is 14.6 Å². The monoisotopic (exact) mass is 643 g/mol. The maximum atomic E-state index is 12.2. The summed E-state index contributed by atoms with van der Waals surface area (Å²) >= 11 is 0. The fourth-order valence-corrected chi connectivity index (χ4v) is 4.95. The van der Waals surface area contributed by atoms with E-state index in [2.05, 4.69) is 74.6 Å². The molecule has 0 aliphatic carbocycles. The van der Waals surface area contributed by atoms with Crippen LogP contribution in [-0.2, 0) is 19.1 Å². The largest absolute Gasteiger partial charge is 0.462 e. The third-order valence-corrected chi connectivity index (χ3v) is 7.80. The van der Waals surface area contributed by atoms with E-state index < -0.39 is 6.10 Å². The number of ether oxygens (including phenoxy) is 2. The second-order valence-corrected chi connectivity index (χ2v) is 12.3. The second-order valence-electron chi connectivity index (χ2n) is 12.3. The maximum absolute atomic E-state index is 12.2. The van der Waals surface area contributed by atoms with Gasteiger partial charge >= 0.3 is 11.9 Å². The van der Waals surface area contributed by atoms with E-state index in [-0.39, 0.29) is 25.2 Å². The number of carbonyl (C=O) groups excluding carboxylic acids is 2. The van der Waals surface area contributed by atoms with Gasteiger partial charge in [-0.1, -0.05) is 139 Å². The van der Waals surface area contributed by atoms with Gasteiger partial charge in [0.25, 0.3) is 0 Å². The van der Waals surface area contributed by atoms with Gasteiger partial charge in [-0.15, -0.1) is 0 Å². The van der Waals surface area contributed by atoms with Crippen LogP contribution in [0.25, 0.3) is 0 Å². The summed E-state index contributed by atoms with van der Waals surface area (Å²) in [5, 5.41) is 9.53. The molecule has 264 valence electrons. The zero-order valence-corrected chi connectivity index (χ0v) is 29.8. The van der Waals surface area contributed by atoms with Crippen LogP contribution >= 0.6 is 0 Å². The zero-order chi connectivity index (χ0) is 33.6. The Hall–Kier alpha value is -2.40. The van der Waals surface area contributed by atoms with Gasteiger partial charge in [-0.25, -0.2) is 0 Å². The van der Waals surface area contributed by atoms with Crippen molar-refractivity contribution >= 4 is 11.9 Å². The molecule has 0 aliphatic rings. The molecule has 0 saturated heterocycles. The van der Waals surface area contributed by atoms with Crippen molar-refractivity contribution < 1.29 is 24.2 Å². The lowest BCUT2D eigenvalue weighted by molar-refractivity contribution is -0.161. The Morgan fingerprint density at radius 1 is 0.522 bits per heavy atom. The van der Waals surface area contributed by atoms with Crippen LogP contribution in [0, 0.1) is 0 Å². The normalized spacial score (nSPS) is 12.8. The number of unbranched alkanes of at least 4 members (excludes halogenated alkanes) is 15. The highest BCUT2D eigenvalue weighted by Gasteiger charge is 2.16. The quantitative estimate of drug-likeness (QED) is 0.0438. The molecule has 0 saturated carbocycles. The van der Waals surface area contributed by atoms with Crippen LogP contribution in [0.2, 0.25) is 0 Å². The van der Waals surface area contributed by atoms with Crippen molar-refractivity contribution in [3.05, 3.63) is 60.8 Å². The highest BCUT2D eigenvalue weighted by Crippen LogP contribution is 2.12. The van der Waals surface area contributed by atoms with Crippen LogP contribution in [0.3, 0.4) is 0 Å². The molecule has 0 aromatic carbocycles. The molecular weight excluding hydrogens is 572 g/mol. The number of aliphatic hydroxyl groups is 1. The Labute approximate surface area is 283 Å². The highest BCUT2D eigenvalue weighted by atomic mass is 16.6. The van der Waals surface area contributed by atoms with E-state index in [0.717, 1.165) is 64.2 Å². The molecule has 0 radical (unpaired) electrons. The van der Waals surface area contributed by atoms with Crippen LogP contribution in [0.4, 0.5) is 0 Å². The van der Waals surface area contributed by atoms with Gasteiger partial charge in [0.2, 0.25) is 0 Å². The van der Waals surface area contributed by atoms with Gasteiger partial charge in [0.05, 0.1) is 6.61 Å². The van der Waals surface area contributed by atoms with Crippen LogP contribution in [0.15, 0.2) is 60.8 Å². The molecule has 0 aliphatic heterocycles. The van der Waals surface area contributed by atoms with E-state index >= 15 is 0 Å². The molecule has 1 atom stereocenters. The molecule has 0 fully saturated rings. The molecule has 0 bridgehead atoms. The molecule has 0 heterocycles. The van der Waals surface area contributed by atoms with Crippen molar-refractivity contribution in [2.75, 3.05) is 13.2 Å². The standard InChI is InChI=1S/C41H70O5/c1-3-5-7-9-11-13-15-17-19-20-22-24-26-28-30-32-34-36-41(44)46-39(37-42)38-45-40(43)35-33-31-29-27-25-23-21-18-16-14-12-10-8-6-4-2/h6,8,12,14,17-19,21,25,27,39,42H,3-5,7,9-11,13,15-16,20,22-24,26,28-38H2,1-2H3/t39-/m0/s1. The summed E-state index contributed by atoms with van der Waals surface area (Å²) in [7, 11) is 0. The summed E-state index contributed by atoms with van der Waals surface area (Å²) in [4.78, 5) is 24.2. The van der Waals surface area contributed by atoms with Gasteiger partial charge in [0.1, 0.15) is 6.61 Å². The lowest BCUT2D eigenvalue weighted by atomic mass is 10.1. The third kappa shape index (κ3) is 34.5. The molecule has 0 aromatic rings. The highest BCUT2D eigenvalue weighted by molar-refractivity contribution is 5.70. The van der Waals surface area contributed by atoms with Crippen molar-refractivity contribution in [2.24, 2.45) is 0 Å². The fourth-order valence-electron chi connectivity index (χ4n) is 4.95. The van der Waals surface area contributed by atoms with Gasteiger partial charge in [0.15, 0.2) is 6.10 Å². The number of carbonyl (C=O) groups is 2. The summed E-state index contributed by atoms with van der Waals surface area (Å²) in [5.41, 5.74) is 0. The number of rotatable bonds is 33. The first-order valence-electron chi connectivity index (χ1n) is 18.8. The average molecular weight is 643 g/mol. The number of hydrogen-bond donors (Lipinski definition) is 1.